The Morgan fingerprint density at radius 1 is 0.912 bits per heavy atom. The normalized spacial score (nSPS) is 11.6. The molecule has 0 saturated carbocycles. The Hall–Kier alpha value is -3.61. The van der Waals surface area contributed by atoms with Gasteiger partial charge in [-0.2, -0.15) is 33.2 Å². The van der Waals surface area contributed by atoms with Crippen LogP contribution in [0.15, 0.2) is 53.6 Å². The molecule has 0 unspecified atom stereocenters. The number of hydrogen-bond donors (Lipinski definition) is 2. The van der Waals surface area contributed by atoms with E-state index < -0.39 is 23.9 Å². The number of hydrogen-bond acceptors (Lipinski definition) is 7. The summed E-state index contributed by atoms with van der Waals surface area (Å²) >= 11 is 5.81. The lowest BCUT2D eigenvalue weighted by Crippen LogP contribution is -2.17. The largest absolute Gasteiger partial charge is 0.573 e. The molecule has 0 saturated heterocycles. The summed E-state index contributed by atoms with van der Waals surface area (Å²) in [5.74, 6) is -0.666. The SMILES string of the molecule is CC.FC(F)(F)Oc1ccc(/C=N/Nc2nc(Cl)nc(Nc3cccc(C(F)(F)F)c3)n2)cc1. The van der Waals surface area contributed by atoms with Crippen molar-refractivity contribution in [2.45, 2.75) is 26.4 Å². The van der Waals surface area contributed by atoms with E-state index in [2.05, 4.69) is 35.5 Å². The average Bonchev–Trinajstić information content (AvgIpc) is 2.75. The Kier molecular flexibility index (Phi) is 9.01. The van der Waals surface area contributed by atoms with Gasteiger partial charge in [0.2, 0.25) is 17.2 Å². The van der Waals surface area contributed by atoms with Gasteiger partial charge in [-0.25, -0.2) is 5.43 Å². The zero-order chi connectivity index (χ0) is 25.4. The van der Waals surface area contributed by atoms with Gasteiger partial charge in [0.1, 0.15) is 5.75 Å². The number of nitrogens with zero attached hydrogens (tertiary/aromatic N) is 4. The van der Waals surface area contributed by atoms with Crippen LogP contribution in [0, 0.1) is 0 Å². The first-order chi connectivity index (χ1) is 16.0. The number of halogens is 7. The minimum absolute atomic E-state index is 0.0673. The van der Waals surface area contributed by atoms with E-state index in [9.17, 15) is 26.3 Å². The summed E-state index contributed by atoms with van der Waals surface area (Å²) in [4.78, 5) is 11.5. The second kappa shape index (κ2) is 11.5. The lowest BCUT2D eigenvalue weighted by molar-refractivity contribution is -0.274. The minimum atomic E-state index is -4.80. The van der Waals surface area contributed by atoms with Crippen LogP contribution >= 0.6 is 11.6 Å². The third kappa shape index (κ3) is 8.73. The van der Waals surface area contributed by atoms with Crippen molar-refractivity contribution in [1.82, 2.24) is 15.0 Å². The van der Waals surface area contributed by atoms with E-state index in [0.29, 0.717) is 5.56 Å². The highest BCUT2D eigenvalue weighted by Crippen LogP contribution is 2.31. The lowest BCUT2D eigenvalue weighted by Gasteiger charge is -2.10. The number of alkyl halides is 6. The molecular formula is C20H17ClF6N6O. The molecule has 0 bridgehead atoms. The fourth-order valence-corrected chi connectivity index (χ4v) is 2.44. The van der Waals surface area contributed by atoms with Crippen molar-refractivity contribution in [1.29, 1.82) is 0 Å². The van der Waals surface area contributed by atoms with Gasteiger partial charge in [0.15, 0.2) is 0 Å². The van der Waals surface area contributed by atoms with E-state index in [0.717, 1.165) is 24.3 Å². The van der Waals surface area contributed by atoms with Gasteiger partial charge in [-0.3, -0.25) is 0 Å². The fourth-order valence-electron chi connectivity index (χ4n) is 2.28. The van der Waals surface area contributed by atoms with Crippen molar-refractivity contribution in [3.8, 4) is 5.75 Å². The van der Waals surface area contributed by atoms with Crippen LogP contribution in [0.2, 0.25) is 5.28 Å². The van der Waals surface area contributed by atoms with Crippen LogP contribution in [-0.4, -0.2) is 27.5 Å². The van der Waals surface area contributed by atoms with Gasteiger partial charge in [-0.1, -0.05) is 19.9 Å². The van der Waals surface area contributed by atoms with Crippen molar-refractivity contribution in [2.24, 2.45) is 5.10 Å². The molecule has 3 aromatic rings. The highest BCUT2D eigenvalue weighted by molar-refractivity contribution is 6.28. The Morgan fingerprint density at radius 3 is 2.18 bits per heavy atom. The molecule has 0 aliphatic rings. The van der Waals surface area contributed by atoms with Gasteiger partial charge in [0.25, 0.3) is 0 Å². The smallest absolute Gasteiger partial charge is 0.406 e. The summed E-state index contributed by atoms with van der Waals surface area (Å²) < 4.78 is 78.8. The molecule has 0 radical (unpaired) electrons. The summed E-state index contributed by atoms with van der Waals surface area (Å²) in [6.45, 7) is 4.00. The molecule has 7 nitrogen and oxygen atoms in total. The molecule has 0 aliphatic carbocycles. The first kappa shape index (κ1) is 26.6. The van der Waals surface area contributed by atoms with E-state index in [1.165, 1.54) is 30.5 Å². The fraction of sp³-hybridized carbons (Fsp3) is 0.200. The Labute approximate surface area is 194 Å². The van der Waals surface area contributed by atoms with E-state index in [1.54, 1.807) is 0 Å². The summed E-state index contributed by atoms with van der Waals surface area (Å²) in [7, 11) is 0. The van der Waals surface area contributed by atoms with E-state index in [-0.39, 0.29) is 22.9 Å². The molecule has 0 amide bonds. The van der Waals surface area contributed by atoms with Crippen molar-refractivity contribution in [2.75, 3.05) is 10.7 Å². The van der Waals surface area contributed by atoms with Crippen LogP contribution in [0.25, 0.3) is 0 Å². The average molecular weight is 507 g/mol. The standard InChI is InChI=1S/C18H11ClF6N6O.C2H6/c19-14-28-15(27-12-3-1-2-11(8-12)17(20,21)22)30-16(29-14)31-26-9-10-4-6-13(7-5-10)32-18(23,24)25;1-2/h1-9H,(H2,27,28,29,30,31);1-2H3/b26-9+;. The molecule has 0 atom stereocenters. The molecule has 2 N–H and O–H groups in total. The van der Waals surface area contributed by atoms with Crippen molar-refractivity contribution < 1.29 is 31.1 Å². The molecule has 14 heteroatoms. The predicted molar refractivity (Wildman–Crippen MR) is 115 cm³/mol. The molecule has 0 aliphatic heterocycles. The Morgan fingerprint density at radius 2 is 1.56 bits per heavy atom. The van der Waals surface area contributed by atoms with Crippen LogP contribution in [0.4, 0.5) is 43.9 Å². The maximum atomic E-state index is 12.8. The predicted octanol–water partition coefficient (Wildman–Crippen LogP) is 6.66. The first-order valence-corrected chi connectivity index (χ1v) is 9.86. The number of nitrogens with one attached hydrogen (secondary N) is 2. The van der Waals surface area contributed by atoms with E-state index in [4.69, 9.17) is 11.6 Å². The highest BCUT2D eigenvalue weighted by atomic mass is 35.5. The topological polar surface area (TPSA) is 84.3 Å². The van der Waals surface area contributed by atoms with Gasteiger partial charge >= 0.3 is 12.5 Å². The number of aromatic nitrogens is 3. The minimum Gasteiger partial charge on any atom is -0.406 e. The zero-order valence-electron chi connectivity index (χ0n) is 17.5. The highest BCUT2D eigenvalue weighted by Gasteiger charge is 2.31. The molecular weight excluding hydrogens is 490 g/mol. The molecule has 2 aromatic carbocycles. The summed E-state index contributed by atoms with van der Waals surface area (Å²) in [5, 5.41) is 6.15. The summed E-state index contributed by atoms with van der Waals surface area (Å²) in [6, 6.07) is 9.23. The lowest BCUT2D eigenvalue weighted by atomic mass is 10.2. The van der Waals surface area contributed by atoms with Gasteiger partial charge in [0.05, 0.1) is 11.8 Å². The van der Waals surface area contributed by atoms with Crippen LogP contribution in [0.1, 0.15) is 25.0 Å². The third-order valence-corrected chi connectivity index (χ3v) is 3.72. The molecule has 1 aromatic heterocycles. The Balaban J connectivity index is 0.00000199. The monoisotopic (exact) mass is 506 g/mol. The molecule has 34 heavy (non-hydrogen) atoms. The zero-order valence-corrected chi connectivity index (χ0v) is 18.3. The number of rotatable bonds is 6. The number of anilines is 3. The van der Waals surface area contributed by atoms with Gasteiger partial charge in [0, 0.05) is 5.69 Å². The quantitative estimate of drug-likeness (QED) is 0.221. The summed E-state index contributed by atoms with van der Waals surface area (Å²) in [5.41, 5.74) is 2.07. The van der Waals surface area contributed by atoms with Crippen molar-refractivity contribution in [3.05, 3.63) is 64.9 Å². The third-order valence-electron chi connectivity index (χ3n) is 3.55. The molecule has 0 fully saturated rings. The number of hydrazone groups is 1. The van der Waals surface area contributed by atoms with Crippen LogP contribution in [0.5, 0.6) is 5.75 Å². The van der Waals surface area contributed by atoms with Crippen LogP contribution < -0.4 is 15.5 Å². The molecule has 182 valence electrons. The second-order valence-electron chi connectivity index (χ2n) is 5.94. The van der Waals surface area contributed by atoms with Gasteiger partial charge in [-0.15, -0.1) is 13.2 Å². The van der Waals surface area contributed by atoms with Crippen molar-refractivity contribution >= 4 is 35.4 Å². The Bertz CT molecular complexity index is 1110. The van der Waals surface area contributed by atoms with Crippen LogP contribution in [-0.2, 0) is 6.18 Å². The molecule has 3 rings (SSSR count). The molecule has 0 spiro atoms. The van der Waals surface area contributed by atoms with Gasteiger partial charge in [-0.05, 0) is 59.6 Å². The molecule has 1 heterocycles. The second-order valence-corrected chi connectivity index (χ2v) is 6.28. The maximum Gasteiger partial charge on any atom is 0.573 e. The number of ether oxygens (including phenoxy) is 1. The van der Waals surface area contributed by atoms with E-state index >= 15 is 0 Å². The van der Waals surface area contributed by atoms with Crippen LogP contribution in [0.3, 0.4) is 0 Å². The first-order valence-electron chi connectivity index (χ1n) is 9.49. The maximum absolute atomic E-state index is 12.8. The number of benzene rings is 2. The summed E-state index contributed by atoms with van der Waals surface area (Å²) in [6.07, 6.45) is -8.06. The van der Waals surface area contributed by atoms with Gasteiger partial charge < -0.3 is 10.1 Å². The van der Waals surface area contributed by atoms with E-state index in [1.807, 2.05) is 13.8 Å². The van der Waals surface area contributed by atoms with Crippen molar-refractivity contribution in [3.63, 3.8) is 0 Å².